The van der Waals surface area contributed by atoms with Crippen LogP contribution in [0, 0.1) is 11.8 Å². The molecule has 0 spiro atoms. The summed E-state index contributed by atoms with van der Waals surface area (Å²) >= 11 is 0. The highest BCUT2D eigenvalue weighted by Crippen LogP contribution is 2.20. The molecule has 0 saturated carbocycles. The molecule has 0 bridgehead atoms. The van der Waals surface area contributed by atoms with Crippen molar-refractivity contribution in [2.24, 2.45) is 11.8 Å². The second kappa shape index (κ2) is 26.1. The normalized spacial score (nSPS) is 13.2. The van der Waals surface area contributed by atoms with Crippen molar-refractivity contribution >= 4 is 5.97 Å². The highest BCUT2D eigenvalue weighted by Gasteiger charge is 2.17. The van der Waals surface area contributed by atoms with Crippen LogP contribution in [0.4, 0.5) is 0 Å². The first-order valence-electron chi connectivity index (χ1n) is 15.3. The van der Waals surface area contributed by atoms with Gasteiger partial charge >= 0.3 is 5.97 Å². The lowest BCUT2D eigenvalue weighted by Gasteiger charge is -2.18. The lowest BCUT2D eigenvalue weighted by molar-refractivity contribution is -0.149. The Morgan fingerprint density at radius 3 is 1.33 bits per heavy atom. The Bertz CT molecular complexity index is 392. The van der Waals surface area contributed by atoms with Crippen LogP contribution < -0.4 is 0 Å². The number of unbranched alkanes of at least 4 members (excludes halogenated alkanes) is 17. The van der Waals surface area contributed by atoms with Gasteiger partial charge in [0.2, 0.25) is 0 Å². The molecule has 0 aromatic heterocycles. The molecule has 0 amide bonds. The summed E-state index contributed by atoms with van der Waals surface area (Å²) in [6, 6.07) is 0. The van der Waals surface area contributed by atoms with Crippen LogP contribution in [0.2, 0.25) is 0 Å². The molecule has 0 aliphatic rings. The molecule has 0 aromatic carbocycles. The molecule has 0 fully saturated rings. The summed E-state index contributed by atoms with van der Waals surface area (Å²) in [7, 11) is 0. The summed E-state index contributed by atoms with van der Waals surface area (Å²) in [4.78, 5) is 12.5. The van der Waals surface area contributed by atoms with Crippen molar-refractivity contribution in [1.82, 2.24) is 0 Å². The number of esters is 1. The summed E-state index contributed by atoms with van der Waals surface area (Å²) in [5.41, 5.74) is 0. The summed E-state index contributed by atoms with van der Waals surface area (Å²) in [6.07, 6.45) is 30.4. The Balaban J connectivity index is 3.75. The lowest BCUT2D eigenvalue weighted by atomic mass is 9.95. The minimum absolute atomic E-state index is 0.0440. The van der Waals surface area contributed by atoms with Gasteiger partial charge in [-0.3, -0.25) is 4.79 Å². The van der Waals surface area contributed by atoms with E-state index in [9.17, 15) is 4.79 Å². The van der Waals surface area contributed by atoms with Crippen molar-refractivity contribution in [1.29, 1.82) is 0 Å². The van der Waals surface area contributed by atoms with Gasteiger partial charge in [0.05, 0.1) is 12.5 Å². The number of carbonyl (C=O) groups is 1. The third kappa shape index (κ3) is 23.0. The van der Waals surface area contributed by atoms with E-state index in [4.69, 9.17) is 4.74 Å². The van der Waals surface area contributed by atoms with Crippen LogP contribution in [0.15, 0.2) is 0 Å². The van der Waals surface area contributed by atoms with Crippen molar-refractivity contribution in [3.63, 3.8) is 0 Å². The fourth-order valence-corrected chi connectivity index (χ4v) is 4.77. The molecule has 0 heterocycles. The second-order valence-electron chi connectivity index (χ2n) is 10.8. The van der Waals surface area contributed by atoms with Gasteiger partial charge in [-0.25, -0.2) is 0 Å². The van der Waals surface area contributed by atoms with Gasteiger partial charge in [-0.05, 0) is 25.2 Å². The maximum Gasteiger partial charge on any atom is 0.308 e. The van der Waals surface area contributed by atoms with Gasteiger partial charge in [0.25, 0.3) is 0 Å². The standard InChI is InChI=1S/C31H62O2/c1-5-8-11-13-15-16-17-18-19-20-21-23-25-29(4)31(32)33-28-30(26-10-7-3)27-24-22-14-12-9-6-2/h29-30H,5-28H2,1-4H3. The van der Waals surface area contributed by atoms with E-state index < -0.39 is 0 Å². The van der Waals surface area contributed by atoms with Crippen LogP contribution in [-0.4, -0.2) is 12.6 Å². The van der Waals surface area contributed by atoms with Crippen molar-refractivity contribution in [2.45, 2.75) is 175 Å². The molecule has 2 unspecified atom stereocenters. The van der Waals surface area contributed by atoms with Crippen LogP contribution in [0.1, 0.15) is 175 Å². The highest BCUT2D eigenvalue weighted by atomic mass is 16.5. The zero-order chi connectivity index (χ0) is 24.4. The number of carbonyl (C=O) groups excluding carboxylic acids is 1. The second-order valence-corrected chi connectivity index (χ2v) is 10.8. The van der Waals surface area contributed by atoms with Gasteiger partial charge in [0.15, 0.2) is 0 Å². The van der Waals surface area contributed by atoms with Crippen molar-refractivity contribution < 1.29 is 9.53 Å². The number of hydrogen-bond donors (Lipinski definition) is 0. The Hall–Kier alpha value is -0.530. The fraction of sp³-hybridized carbons (Fsp3) is 0.968. The molecule has 0 rings (SSSR count). The predicted octanol–water partition coefficient (Wildman–Crippen LogP) is 10.8. The van der Waals surface area contributed by atoms with Gasteiger partial charge in [0, 0.05) is 0 Å². The highest BCUT2D eigenvalue weighted by molar-refractivity contribution is 5.71. The molecule has 2 heteroatoms. The van der Waals surface area contributed by atoms with Gasteiger partial charge in [-0.15, -0.1) is 0 Å². The molecule has 0 saturated heterocycles. The van der Waals surface area contributed by atoms with E-state index in [2.05, 4.69) is 27.7 Å². The fourth-order valence-electron chi connectivity index (χ4n) is 4.77. The van der Waals surface area contributed by atoms with E-state index in [0.29, 0.717) is 12.5 Å². The number of rotatable bonds is 26. The zero-order valence-electron chi connectivity index (χ0n) is 23.4. The molecule has 0 aromatic rings. The molecule has 0 N–H and O–H groups in total. The van der Waals surface area contributed by atoms with Crippen LogP contribution in [0.25, 0.3) is 0 Å². The first kappa shape index (κ1) is 32.5. The number of hydrogen-bond acceptors (Lipinski definition) is 2. The maximum atomic E-state index is 12.5. The molecular formula is C31H62O2. The first-order valence-corrected chi connectivity index (χ1v) is 15.3. The predicted molar refractivity (Wildman–Crippen MR) is 147 cm³/mol. The van der Waals surface area contributed by atoms with E-state index in [1.165, 1.54) is 141 Å². The lowest BCUT2D eigenvalue weighted by Crippen LogP contribution is -2.19. The molecule has 0 aliphatic carbocycles. The Labute approximate surface area is 209 Å². The van der Waals surface area contributed by atoms with E-state index >= 15 is 0 Å². The molecule has 198 valence electrons. The molecule has 33 heavy (non-hydrogen) atoms. The largest absolute Gasteiger partial charge is 0.465 e. The summed E-state index contributed by atoms with van der Waals surface area (Å²) < 4.78 is 5.78. The van der Waals surface area contributed by atoms with Crippen LogP contribution >= 0.6 is 0 Å². The van der Waals surface area contributed by atoms with Gasteiger partial charge in [-0.1, -0.05) is 156 Å². The molecular weight excluding hydrogens is 404 g/mol. The molecule has 2 nitrogen and oxygen atoms in total. The van der Waals surface area contributed by atoms with Gasteiger partial charge < -0.3 is 4.74 Å². The smallest absolute Gasteiger partial charge is 0.308 e. The quantitative estimate of drug-likeness (QED) is 0.0935. The van der Waals surface area contributed by atoms with Gasteiger partial charge in [0.1, 0.15) is 0 Å². The first-order chi connectivity index (χ1) is 16.2. The topological polar surface area (TPSA) is 26.3 Å². The Kier molecular flexibility index (Phi) is 25.7. The summed E-state index contributed by atoms with van der Waals surface area (Å²) in [6.45, 7) is 9.52. The van der Waals surface area contributed by atoms with E-state index in [1.807, 2.05) is 0 Å². The van der Waals surface area contributed by atoms with E-state index in [0.717, 1.165) is 6.42 Å². The maximum absolute atomic E-state index is 12.5. The summed E-state index contributed by atoms with van der Waals surface area (Å²) in [5, 5.41) is 0. The van der Waals surface area contributed by atoms with E-state index in [1.54, 1.807) is 0 Å². The van der Waals surface area contributed by atoms with Crippen LogP contribution in [0.5, 0.6) is 0 Å². The number of ether oxygens (including phenoxy) is 1. The Morgan fingerprint density at radius 2 is 0.879 bits per heavy atom. The Morgan fingerprint density at radius 1 is 0.515 bits per heavy atom. The van der Waals surface area contributed by atoms with Crippen LogP contribution in [0.3, 0.4) is 0 Å². The minimum atomic E-state index is 0.0440. The SMILES string of the molecule is CCCCCCCCCCCCCCC(C)C(=O)OCC(CCCC)CCCCCCCC. The average molecular weight is 467 g/mol. The zero-order valence-corrected chi connectivity index (χ0v) is 23.4. The van der Waals surface area contributed by atoms with E-state index in [-0.39, 0.29) is 11.9 Å². The molecule has 2 atom stereocenters. The average Bonchev–Trinajstić information content (AvgIpc) is 2.82. The summed E-state index contributed by atoms with van der Waals surface area (Å²) in [5.74, 6) is 0.676. The van der Waals surface area contributed by atoms with Crippen molar-refractivity contribution in [2.75, 3.05) is 6.61 Å². The third-order valence-corrected chi connectivity index (χ3v) is 7.29. The monoisotopic (exact) mass is 466 g/mol. The van der Waals surface area contributed by atoms with Crippen molar-refractivity contribution in [3.05, 3.63) is 0 Å². The third-order valence-electron chi connectivity index (χ3n) is 7.29. The van der Waals surface area contributed by atoms with Gasteiger partial charge in [-0.2, -0.15) is 0 Å². The molecule has 0 aliphatic heterocycles. The van der Waals surface area contributed by atoms with Crippen LogP contribution in [-0.2, 0) is 9.53 Å². The minimum Gasteiger partial charge on any atom is -0.465 e. The molecule has 0 radical (unpaired) electrons. The van der Waals surface area contributed by atoms with Crippen molar-refractivity contribution in [3.8, 4) is 0 Å².